The van der Waals surface area contributed by atoms with E-state index in [0.717, 1.165) is 33.6 Å². The number of aromatic nitrogens is 5. The summed E-state index contributed by atoms with van der Waals surface area (Å²) < 4.78 is 4.77. The molecular weight excluding hydrogens is 683 g/mol. The molecule has 0 atom stereocenters. The standard InChI is InChI=1S/C51H33N5/c1-4-15-34(16-5-1)49-52-50(35-17-6-2-7-18-35)54-51(53-49)36-27-30-39(31-28-36)56-46-26-13-10-21-41(46)43-24-14-23-40(48(43)56)37-29-32-47-44(33-37)42-22-11-12-25-45(42)55(47)38-19-8-3-9-20-38/h1-33H. The number of benzene rings is 8. The third-order valence-corrected chi connectivity index (χ3v) is 10.8. The van der Waals surface area contributed by atoms with Gasteiger partial charge in [-0.05, 0) is 66.2 Å². The largest absolute Gasteiger partial charge is 0.309 e. The topological polar surface area (TPSA) is 48.5 Å². The molecule has 0 bridgehead atoms. The maximum Gasteiger partial charge on any atom is 0.164 e. The van der Waals surface area contributed by atoms with Crippen molar-refractivity contribution >= 4 is 43.6 Å². The van der Waals surface area contributed by atoms with Gasteiger partial charge in [0.05, 0.1) is 22.1 Å². The fraction of sp³-hybridized carbons (Fsp3) is 0. The molecule has 0 fully saturated rings. The van der Waals surface area contributed by atoms with E-state index in [1.54, 1.807) is 0 Å². The smallest absolute Gasteiger partial charge is 0.164 e. The molecule has 56 heavy (non-hydrogen) atoms. The van der Waals surface area contributed by atoms with Crippen molar-refractivity contribution in [1.29, 1.82) is 0 Å². The zero-order valence-electron chi connectivity index (χ0n) is 30.3. The van der Waals surface area contributed by atoms with E-state index in [0.29, 0.717) is 17.5 Å². The van der Waals surface area contributed by atoms with Crippen LogP contribution < -0.4 is 0 Å². The van der Waals surface area contributed by atoms with Crippen LogP contribution in [0.4, 0.5) is 0 Å². The van der Waals surface area contributed by atoms with Crippen molar-refractivity contribution in [2.45, 2.75) is 0 Å². The lowest BCUT2D eigenvalue weighted by Crippen LogP contribution is -2.00. The average molecular weight is 716 g/mol. The second kappa shape index (κ2) is 13.0. The van der Waals surface area contributed by atoms with Crippen LogP contribution in [0.25, 0.3) is 100 Å². The van der Waals surface area contributed by atoms with Crippen molar-refractivity contribution in [3.63, 3.8) is 0 Å². The number of para-hydroxylation sites is 4. The molecule has 0 saturated heterocycles. The Bertz CT molecular complexity index is 3160. The van der Waals surface area contributed by atoms with Crippen molar-refractivity contribution in [3.8, 4) is 56.7 Å². The van der Waals surface area contributed by atoms with Crippen LogP contribution in [0.2, 0.25) is 0 Å². The summed E-state index contributed by atoms with van der Waals surface area (Å²) in [6.45, 7) is 0. The van der Waals surface area contributed by atoms with Gasteiger partial charge in [-0.25, -0.2) is 15.0 Å². The maximum atomic E-state index is 4.98. The van der Waals surface area contributed by atoms with Gasteiger partial charge in [-0.2, -0.15) is 0 Å². The lowest BCUT2D eigenvalue weighted by atomic mass is 10.00. The van der Waals surface area contributed by atoms with Crippen LogP contribution in [0.3, 0.4) is 0 Å². The molecule has 5 nitrogen and oxygen atoms in total. The SMILES string of the molecule is c1ccc(-c2nc(-c3ccccc3)nc(-c3ccc(-n4c5ccccc5c5cccc(-c6ccc7c(c6)c6ccccc6n7-c6ccccc6)c54)cc3)n2)cc1. The summed E-state index contributed by atoms with van der Waals surface area (Å²) in [5.41, 5.74) is 12.1. The highest BCUT2D eigenvalue weighted by Crippen LogP contribution is 2.41. The molecule has 5 heteroatoms. The molecule has 3 heterocycles. The molecule has 3 aromatic heterocycles. The zero-order chi connectivity index (χ0) is 37.0. The lowest BCUT2D eigenvalue weighted by Gasteiger charge is -2.13. The molecule has 0 unspecified atom stereocenters. The summed E-state index contributed by atoms with van der Waals surface area (Å²) in [4.78, 5) is 14.9. The Balaban J connectivity index is 1.08. The van der Waals surface area contributed by atoms with Crippen molar-refractivity contribution in [3.05, 3.63) is 200 Å². The second-order valence-electron chi connectivity index (χ2n) is 14.1. The minimum Gasteiger partial charge on any atom is -0.309 e. The van der Waals surface area contributed by atoms with Crippen molar-refractivity contribution < 1.29 is 0 Å². The number of hydrogen-bond donors (Lipinski definition) is 0. The summed E-state index contributed by atoms with van der Waals surface area (Å²) >= 11 is 0. The van der Waals surface area contributed by atoms with Gasteiger partial charge in [0.15, 0.2) is 17.5 Å². The van der Waals surface area contributed by atoms with Crippen LogP contribution in [0.5, 0.6) is 0 Å². The Labute approximate surface area is 323 Å². The second-order valence-corrected chi connectivity index (χ2v) is 14.1. The summed E-state index contributed by atoms with van der Waals surface area (Å²) in [5, 5.41) is 4.90. The molecule has 0 radical (unpaired) electrons. The van der Waals surface area contributed by atoms with Gasteiger partial charge in [0.2, 0.25) is 0 Å². The molecule has 11 rings (SSSR count). The molecule has 262 valence electrons. The third kappa shape index (κ3) is 5.21. The minimum absolute atomic E-state index is 0.634. The van der Waals surface area contributed by atoms with Crippen molar-refractivity contribution in [2.75, 3.05) is 0 Å². The summed E-state index contributed by atoms with van der Waals surface area (Å²) in [6, 6.07) is 70.4. The van der Waals surface area contributed by atoms with E-state index in [4.69, 9.17) is 15.0 Å². The predicted octanol–water partition coefficient (Wildman–Crippen LogP) is 12.7. The molecule has 0 N–H and O–H groups in total. The van der Waals surface area contributed by atoms with Crippen LogP contribution in [-0.4, -0.2) is 24.1 Å². The minimum atomic E-state index is 0.634. The molecule has 0 amide bonds. The summed E-state index contributed by atoms with van der Waals surface area (Å²) in [7, 11) is 0. The highest BCUT2D eigenvalue weighted by Gasteiger charge is 2.19. The molecule has 0 aliphatic rings. The van der Waals surface area contributed by atoms with E-state index in [1.807, 2.05) is 60.7 Å². The summed E-state index contributed by atoms with van der Waals surface area (Å²) in [6.07, 6.45) is 0. The Kier molecular flexibility index (Phi) is 7.42. The monoisotopic (exact) mass is 715 g/mol. The van der Waals surface area contributed by atoms with E-state index in [9.17, 15) is 0 Å². The number of rotatable bonds is 6. The van der Waals surface area contributed by atoms with E-state index in [2.05, 4.69) is 149 Å². The van der Waals surface area contributed by atoms with Gasteiger partial charge in [0.1, 0.15) is 0 Å². The molecular formula is C51H33N5. The summed E-state index contributed by atoms with van der Waals surface area (Å²) in [5.74, 6) is 1.93. The Hall–Kier alpha value is -7.63. The Morgan fingerprint density at radius 1 is 0.286 bits per heavy atom. The Morgan fingerprint density at radius 2 is 0.732 bits per heavy atom. The van der Waals surface area contributed by atoms with Crippen LogP contribution in [0.15, 0.2) is 200 Å². The van der Waals surface area contributed by atoms with Crippen molar-refractivity contribution in [2.24, 2.45) is 0 Å². The highest BCUT2D eigenvalue weighted by molar-refractivity contribution is 6.15. The van der Waals surface area contributed by atoms with Gasteiger partial charge < -0.3 is 9.13 Å². The normalized spacial score (nSPS) is 11.6. The lowest BCUT2D eigenvalue weighted by molar-refractivity contribution is 1.07. The fourth-order valence-corrected chi connectivity index (χ4v) is 8.21. The first-order chi connectivity index (χ1) is 27.8. The molecule has 11 aromatic rings. The average Bonchev–Trinajstić information content (AvgIpc) is 3.80. The van der Waals surface area contributed by atoms with Crippen LogP contribution >= 0.6 is 0 Å². The zero-order valence-corrected chi connectivity index (χ0v) is 30.3. The first-order valence-corrected chi connectivity index (χ1v) is 18.9. The van der Waals surface area contributed by atoms with Crippen LogP contribution in [0.1, 0.15) is 0 Å². The van der Waals surface area contributed by atoms with Crippen LogP contribution in [-0.2, 0) is 0 Å². The van der Waals surface area contributed by atoms with E-state index in [1.165, 1.54) is 49.2 Å². The van der Waals surface area contributed by atoms with E-state index in [-0.39, 0.29) is 0 Å². The highest BCUT2D eigenvalue weighted by atomic mass is 15.0. The third-order valence-electron chi connectivity index (χ3n) is 10.8. The number of hydrogen-bond acceptors (Lipinski definition) is 3. The van der Waals surface area contributed by atoms with Crippen LogP contribution in [0, 0.1) is 0 Å². The van der Waals surface area contributed by atoms with Gasteiger partial charge in [-0.1, -0.05) is 140 Å². The van der Waals surface area contributed by atoms with Gasteiger partial charge in [-0.15, -0.1) is 0 Å². The molecule has 0 saturated carbocycles. The van der Waals surface area contributed by atoms with Gasteiger partial charge in [0.25, 0.3) is 0 Å². The quantitative estimate of drug-likeness (QED) is 0.172. The molecule has 8 aromatic carbocycles. The molecule has 0 spiro atoms. The van der Waals surface area contributed by atoms with Gasteiger partial charge in [-0.3, -0.25) is 0 Å². The fourth-order valence-electron chi connectivity index (χ4n) is 8.21. The molecule has 0 aliphatic heterocycles. The maximum absolute atomic E-state index is 4.98. The van der Waals surface area contributed by atoms with E-state index < -0.39 is 0 Å². The Morgan fingerprint density at radius 3 is 1.36 bits per heavy atom. The first-order valence-electron chi connectivity index (χ1n) is 18.9. The van der Waals surface area contributed by atoms with Gasteiger partial charge in [0, 0.05) is 55.2 Å². The number of nitrogens with zero attached hydrogens (tertiary/aromatic N) is 5. The molecule has 0 aliphatic carbocycles. The van der Waals surface area contributed by atoms with Gasteiger partial charge >= 0.3 is 0 Å². The first kappa shape index (κ1) is 31.9. The van der Waals surface area contributed by atoms with E-state index >= 15 is 0 Å². The van der Waals surface area contributed by atoms with Crippen molar-refractivity contribution in [1.82, 2.24) is 24.1 Å². The predicted molar refractivity (Wildman–Crippen MR) is 230 cm³/mol. The number of fused-ring (bicyclic) bond motifs is 6.